The Balaban J connectivity index is 2.73. The average molecular weight is 262 g/mol. The fourth-order valence-corrected chi connectivity index (χ4v) is 1.85. The molecule has 2 heterocycles. The first-order valence-electron chi connectivity index (χ1n) is 5.02. The van der Waals surface area contributed by atoms with Crippen LogP contribution in [0.1, 0.15) is 27.3 Å². The molecular weight excluding hydrogens is 253 g/mol. The minimum atomic E-state index is -4.78. The summed E-state index contributed by atoms with van der Waals surface area (Å²) in [4.78, 5) is 14.5. The normalized spacial score (nSPS) is 15.3. The number of nitrogen functional groups attached to an aromatic ring is 1. The van der Waals surface area contributed by atoms with Gasteiger partial charge in [0.25, 0.3) is 0 Å². The number of rotatable bonds is 1. The van der Waals surface area contributed by atoms with Crippen LogP contribution in [-0.4, -0.2) is 22.7 Å². The summed E-state index contributed by atoms with van der Waals surface area (Å²) in [5.74, 6) is -1.51. The Morgan fingerprint density at radius 3 is 2.67 bits per heavy atom. The zero-order chi connectivity index (χ0) is 13.5. The number of alkyl halides is 3. The van der Waals surface area contributed by atoms with Gasteiger partial charge in [0.2, 0.25) is 0 Å². The Hall–Kier alpha value is -1.83. The molecule has 0 atom stereocenters. The molecule has 0 aliphatic carbocycles. The van der Waals surface area contributed by atoms with E-state index in [0.29, 0.717) is 0 Å². The molecule has 98 valence electrons. The summed E-state index contributed by atoms with van der Waals surface area (Å²) >= 11 is 0. The maximum atomic E-state index is 12.7. The first-order valence-corrected chi connectivity index (χ1v) is 5.02. The molecule has 0 bridgehead atoms. The molecule has 5 nitrogen and oxygen atoms in total. The number of halogens is 3. The molecule has 0 fully saturated rings. The van der Waals surface area contributed by atoms with Crippen molar-refractivity contribution in [2.24, 2.45) is 0 Å². The van der Waals surface area contributed by atoms with Crippen LogP contribution in [0.2, 0.25) is 0 Å². The molecule has 8 heteroatoms. The number of aromatic nitrogens is 1. The number of nitrogens with zero attached hydrogens (tertiary/aromatic N) is 1. The minimum absolute atomic E-state index is 0.0835. The molecule has 1 aromatic rings. The van der Waals surface area contributed by atoms with Crippen molar-refractivity contribution in [3.05, 3.63) is 22.5 Å². The number of ether oxygens (including phenoxy) is 1. The Bertz CT molecular complexity index is 514. The van der Waals surface area contributed by atoms with Crippen molar-refractivity contribution in [2.45, 2.75) is 19.2 Å². The third kappa shape index (κ3) is 1.99. The average Bonchev–Trinajstić information content (AvgIpc) is 2.26. The van der Waals surface area contributed by atoms with Crippen LogP contribution in [-0.2, 0) is 23.9 Å². The number of fused-ring (bicyclic) bond motifs is 1. The molecule has 0 saturated carbocycles. The Morgan fingerprint density at radius 1 is 1.44 bits per heavy atom. The van der Waals surface area contributed by atoms with Crippen LogP contribution in [0, 0.1) is 0 Å². The summed E-state index contributed by atoms with van der Waals surface area (Å²) < 4.78 is 43.1. The van der Waals surface area contributed by atoms with Crippen LogP contribution in [0.4, 0.5) is 18.9 Å². The van der Waals surface area contributed by atoms with Crippen LogP contribution < -0.4 is 5.73 Å². The number of carboxylic acid groups (broad SMARTS) is 1. The fraction of sp³-hybridized carbons (Fsp3) is 0.400. The number of aromatic carboxylic acids is 1. The molecule has 0 saturated heterocycles. The number of hydrogen-bond donors (Lipinski definition) is 2. The Kier molecular flexibility index (Phi) is 2.89. The molecule has 0 unspecified atom stereocenters. The van der Waals surface area contributed by atoms with Gasteiger partial charge < -0.3 is 15.6 Å². The number of carbonyl (C=O) groups is 1. The lowest BCUT2D eigenvalue weighted by Crippen LogP contribution is -2.23. The molecule has 0 spiro atoms. The summed E-state index contributed by atoms with van der Waals surface area (Å²) in [6, 6.07) is 0. The van der Waals surface area contributed by atoms with Crippen LogP contribution in [0.15, 0.2) is 0 Å². The quantitative estimate of drug-likeness (QED) is 0.800. The first kappa shape index (κ1) is 12.6. The van der Waals surface area contributed by atoms with Gasteiger partial charge in [-0.25, -0.2) is 9.78 Å². The summed E-state index contributed by atoms with van der Waals surface area (Å²) in [7, 11) is 0. The number of anilines is 1. The zero-order valence-electron chi connectivity index (χ0n) is 9.04. The highest BCUT2D eigenvalue weighted by molar-refractivity contribution is 5.96. The van der Waals surface area contributed by atoms with Gasteiger partial charge in [-0.1, -0.05) is 0 Å². The highest BCUT2D eigenvalue weighted by Gasteiger charge is 2.39. The maximum Gasteiger partial charge on any atom is 0.435 e. The van der Waals surface area contributed by atoms with E-state index in [2.05, 4.69) is 4.98 Å². The lowest BCUT2D eigenvalue weighted by atomic mass is 10.00. The van der Waals surface area contributed by atoms with Crippen LogP contribution >= 0.6 is 0 Å². The third-order valence-electron chi connectivity index (χ3n) is 2.63. The van der Waals surface area contributed by atoms with Crippen LogP contribution in [0.3, 0.4) is 0 Å². The lowest BCUT2D eigenvalue weighted by Gasteiger charge is -2.21. The summed E-state index contributed by atoms with van der Waals surface area (Å²) in [5.41, 5.74) is 2.71. The predicted molar refractivity (Wildman–Crippen MR) is 54.0 cm³/mol. The van der Waals surface area contributed by atoms with Gasteiger partial charge >= 0.3 is 12.1 Å². The summed E-state index contributed by atoms with van der Waals surface area (Å²) in [5, 5.41) is 8.98. The maximum absolute atomic E-state index is 12.7. The van der Waals surface area contributed by atoms with E-state index in [0.717, 1.165) is 0 Å². The van der Waals surface area contributed by atoms with Crippen molar-refractivity contribution in [1.29, 1.82) is 0 Å². The minimum Gasteiger partial charge on any atom is -0.478 e. The van der Waals surface area contributed by atoms with E-state index in [1.165, 1.54) is 0 Å². The molecule has 2 rings (SSSR count). The van der Waals surface area contributed by atoms with Gasteiger partial charge in [0, 0.05) is 17.7 Å². The third-order valence-corrected chi connectivity index (χ3v) is 2.63. The predicted octanol–water partition coefficient (Wildman–Crippen LogP) is 1.45. The van der Waals surface area contributed by atoms with E-state index in [1.807, 2.05) is 0 Å². The molecule has 0 radical (unpaired) electrons. The topological polar surface area (TPSA) is 85.4 Å². The van der Waals surface area contributed by atoms with Gasteiger partial charge in [0.15, 0.2) is 5.69 Å². The van der Waals surface area contributed by atoms with E-state index in [9.17, 15) is 18.0 Å². The molecular formula is C10H9F3N2O3. The van der Waals surface area contributed by atoms with Crippen LogP contribution in [0.25, 0.3) is 0 Å². The molecule has 1 aliphatic heterocycles. The van der Waals surface area contributed by atoms with Gasteiger partial charge in [-0.05, 0) is 0 Å². The van der Waals surface area contributed by atoms with Crippen molar-refractivity contribution in [1.82, 2.24) is 4.98 Å². The molecule has 1 aliphatic rings. The van der Waals surface area contributed by atoms with Gasteiger partial charge in [-0.15, -0.1) is 0 Å². The van der Waals surface area contributed by atoms with E-state index < -0.39 is 29.1 Å². The van der Waals surface area contributed by atoms with Crippen molar-refractivity contribution < 1.29 is 27.8 Å². The van der Waals surface area contributed by atoms with Gasteiger partial charge in [0.05, 0.1) is 24.5 Å². The highest BCUT2D eigenvalue weighted by Crippen LogP contribution is 2.36. The standard InChI is InChI=1S/C10H9F3N2O3/c11-10(12,13)8-7(14)6(9(16)17)4-3-18-2-1-5(4)15-8/h1-3,14H2,(H,16,17). The van der Waals surface area contributed by atoms with E-state index in [1.54, 1.807) is 0 Å². The number of pyridine rings is 1. The summed E-state index contributed by atoms with van der Waals surface area (Å²) in [6.45, 7) is 0.118. The second-order valence-corrected chi connectivity index (χ2v) is 3.78. The number of nitrogens with two attached hydrogens (primary N) is 1. The van der Waals surface area contributed by atoms with E-state index in [-0.39, 0.29) is 30.9 Å². The zero-order valence-corrected chi connectivity index (χ0v) is 9.04. The molecule has 0 aromatic carbocycles. The van der Waals surface area contributed by atoms with Crippen LogP contribution in [0.5, 0.6) is 0 Å². The highest BCUT2D eigenvalue weighted by atomic mass is 19.4. The fourth-order valence-electron chi connectivity index (χ4n) is 1.85. The largest absolute Gasteiger partial charge is 0.478 e. The van der Waals surface area contributed by atoms with Crippen molar-refractivity contribution in [3.8, 4) is 0 Å². The van der Waals surface area contributed by atoms with Crippen molar-refractivity contribution in [3.63, 3.8) is 0 Å². The van der Waals surface area contributed by atoms with Gasteiger partial charge in [0.1, 0.15) is 0 Å². The second-order valence-electron chi connectivity index (χ2n) is 3.78. The Labute approximate surface area is 99.4 Å². The second kappa shape index (κ2) is 4.13. The molecule has 1 aromatic heterocycles. The van der Waals surface area contributed by atoms with E-state index >= 15 is 0 Å². The molecule has 3 N–H and O–H groups in total. The smallest absolute Gasteiger partial charge is 0.435 e. The molecule has 0 amide bonds. The first-order chi connectivity index (χ1) is 8.32. The molecule has 18 heavy (non-hydrogen) atoms. The van der Waals surface area contributed by atoms with Gasteiger partial charge in [-0.2, -0.15) is 13.2 Å². The SMILES string of the molecule is Nc1c(C(F)(F)F)nc2c(c1C(=O)O)COCC2. The monoisotopic (exact) mass is 262 g/mol. The van der Waals surface area contributed by atoms with Crippen molar-refractivity contribution >= 4 is 11.7 Å². The number of carboxylic acids is 1. The van der Waals surface area contributed by atoms with Gasteiger partial charge in [-0.3, -0.25) is 0 Å². The Morgan fingerprint density at radius 2 is 2.11 bits per heavy atom. The van der Waals surface area contributed by atoms with Crippen molar-refractivity contribution in [2.75, 3.05) is 12.3 Å². The lowest BCUT2D eigenvalue weighted by molar-refractivity contribution is -0.140. The number of hydrogen-bond acceptors (Lipinski definition) is 4. The van der Waals surface area contributed by atoms with E-state index in [4.69, 9.17) is 15.6 Å². The summed E-state index contributed by atoms with van der Waals surface area (Å²) in [6.07, 6.45) is -4.64.